The minimum absolute atomic E-state index is 0.113. The molecular formula is C23H26N6O3. The average molecular weight is 435 g/mol. The Morgan fingerprint density at radius 3 is 2.88 bits per heavy atom. The molecule has 0 aromatic carbocycles. The highest BCUT2D eigenvalue weighted by atomic mass is 16.5. The number of hydrogen-bond donors (Lipinski definition) is 3. The fourth-order valence-electron chi connectivity index (χ4n) is 4.11. The summed E-state index contributed by atoms with van der Waals surface area (Å²) in [5.74, 6) is 0.989. The number of rotatable bonds is 8. The van der Waals surface area contributed by atoms with Crippen molar-refractivity contribution in [1.82, 2.24) is 19.5 Å². The van der Waals surface area contributed by atoms with Crippen LogP contribution in [0.3, 0.4) is 0 Å². The molecule has 3 aromatic heterocycles. The quantitative estimate of drug-likeness (QED) is 0.505. The maximum absolute atomic E-state index is 9.18. The second-order valence-corrected chi connectivity index (χ2v) is 7.80. The number of pyridine rings is 1. The lowest BCUT2D eigenvalue weighted by molar-refractivity contribution is 0.197. The second-order valence-electron chi connectivity index (χ2n) is 7.80. The van der Waals surface area contributed by atoms with Crippen molar-refractivity contribution in [2.45, 2.75) is 12.8 Å². The molecule has 166 valence electrons. The predicted molar refractivity (Wildman–Crippen MR) is 122 cm³/mol. The summed E-state index contributed by atoms with van der Waals surface area (Å²) in [4.78, 5) is 10.4. The van der Waals surface area contributed by atoms with Gasteiger partial charge in [0.2, 0.25) is 0 Å². The van der Waals surface area contributed by atoms with Gasteiger partial charge in [-0.05, 0) is 44.1 Å². The Hall–Kier alpha value is -3.43. The molecule has 5 rings (SSSR count). The van der Waals surface area contributed by atoms with Crippen LogP contribution in [0, 0.1) is 5.41 Å². The van der Waals surface area contributed by atoms with Crippen molar-refractivity contribution < 1.29 is 14.6 Å². The van der Waals surface area contributed by atoms with Crippen molar-refractivity contribution in [3.05, 3.63) is 54.0 Å². The van der Waals surface area contributed by atoms with Crippen molar-refractivity contribution in [3.8, 4) is 5.88 Å². The Bertz CT molecular complexity index is 1190. The maximum Gasteiger partial charge on any atom is 0.260 e. The van der Waals surface area contributed by atoms with Crippen LogP contribution in [0.2, 0.25) is 0 Å². The van der Waals surface area contributed by atoms with E-state index in [0.29, 0.717) is 35.4 Å². The van der Waals surface area contributed by atoms with E-state index in [1.807, 2.05) is 36.7 Å². The molecular weight excluding hydrogens is 408 g/mol. The minimum atomic E-state index is -0.124. The van der Waals surface area contributed by atoms with Gasteiger partial charge in [0.25, 0.3) is 5.88 Å². The van der Waals surface area contributed by atoms with Crippen LogP contribution in [0.1, 0.15) is 24.1 Å². The largest absolute Gasteiger partial charge is 0.490 e. The molecule has 4 heterocycles. The molecule has 2 aliphatic rings. The van der Waals surface area contributed by atoms with Crippen LogP contribution in [0.5, 0.6) is 5.88 Å². The van der Waals surface area contributed by atoms with Gasteiger partial charge in [-0.2, -0.15) is 0 Å². The van der Waals surface area contributed by atoms with Crippen LogP contribution in [-0.4, -0.2) is 75.5 Å². The first-order valence-corrected chi connectivity index (χ1v) is 10.9. The molecule has 9 heteroatoms. The van der Waals surface area contributed by atoms with E-state index < -0.39 is 0 Å². The lowest BCUT2D eigenvalue weighted by atomic mass is 9.98. The van der Waals surface area contributed by atoms with Crippen LogP contribution in [-0.2, 0) is 4.74 Å². The van der Waals surface area contributed by atoms with Crippen LogP contribution < -0.4 is 4.74 Å². The zero-order valence-electron chi connectivity index (χ0n) is 17.8. The number of likely N-dealkylation sites (tertiary alicyclic amines) is 1. The van der Waals surface area contributed by atoms with Gasteiger partial charge >= 0.3 is 0 Å². The summed E-state index contributed by atoms with van der Waals surface area (Å²) in [7, 11) is 0. The Morgan fingerprint density at radius 2 is 2.03 bits per heavy atom. The van der Waals surface area contributed by atoms with Crippen molar-refractivity contribution in [2.75, 3.05) is 39.5 Å². The van der Waals surface area contributed by atoms with Crippen molar-refractivity contribution in [2.24, 2.45) is 4.99 Å². The molecule has 0 atom stereocenters. The minimum Gasteiger partial charge on any atom is -0.490 e. The number of nitrogens with zero attached hydrogens (tertiary/aromatic N) is 4. The van der Waals surface area contributed by atoms with E-state index in [4.69, 9.17) is 19.9 Å². The van der Waals surface area contributed by atoms with E-state index in [1.165, 1.54) is 12.8 Å². The summed E-state index contributed by atoms with van der Waals surface area (Å²) >= 11 is 0. The number of aliphatic imine (C=N–C) groups is 1. The molecule has 0 saturated carbocycles. The van der Waals surface area contributed by atoms with Crippen molar-refractivity contribution in [1.29, 1.82) is 5.41 Å². The summed E-state index contributed by atoms with van der Waals surface area (Å²) in [6.45, 7) is 3.69. The Morgan fingerprint density at radius 1 is 1.16 bits per heavy atom. The highest BCUT2D eigenvalue weighted by Crippen LogP contribution is 2.34. The fraction of sp³-hybridized carbons (Fsp3) is 0.348. The first kappa shape index (κ1) is 20.5. The number of aliphatic hydroxyl groups excluding tert-OH is 1. The van der Waals surface area contributed by atoms with Gasteiger partial charge < -0.3 is 19.6 Å². The maximum atomic E-state index is 9.18. The number of allylic oxidation sites excluding steroid dienone is 1. The normalized spacial score (nSPS) is 17.7. The summed E-state index contributed by atoms with van der Waals surface area (Å²) in [5, 5.41) is 22.3. The third kappa shape index (κ3) is 3.92. The monoisotopic (exact) mass is 434 g/mol. The highest BCUT2D eigenvalue weighted by molar-refractivity contribution is 6.54. The summed E-state index contributed by atoms with van der Waals surface area (Å²) in [6, 6.07) is 7.52. The van der Waals surface area contributed by atoms with Crippen molar-refractivity contribution >= 4 is 28.4 Å². The Labute approximate surface area is 185 Å². The average Bonchev–Trinajstić information content (AvgIpc) is 3.56. The zero-order valence-corrected chi connectivity index (χ0v) is 17.8. The third-order valence-electron chi connectivity index (χ3n) is 5.70. The molecule has 1 fully saturated rings. The molecule has 0 spiro atoms. The number of aliphatic hydroxyl groups is 1. The molecule has 0 bridgehead atoms. The SMILES string of the molecule is N=C1C(=Nc2c(OCCO)nn3ccccc23)C=C(OCCN2CCCC2)c2[nH]ccc21. The van der Waals surface area contributed by atoms with Gasteiger partial charge in [0.05, 0.1) is 29.2 Å². The van der Waals surface area contributed by atoms with Gasteiger partial charge in [-0.25, -0.2) is 9.51 Å². The van der Waals surface area contributed by atoms with E-state index >= 15 is 0 Å². The number of H-pyrrole nitrogens is 1. The summed E-state index contributed by atoms with van der Waals surface area (Å²) < 4.78 is 13.4. The lowest BCUT2D eigenvalue weighted by Crippen LogP contribution is -2.25. The van der Waals surface area contributed by atoms with E-state index in [-0.39, 0.29) is 13.2 Å². The van der Waals surface area contributed by atoms with Crippen LogP contribution in [0.25, 0.3) is 11.3 Å². The molecule has 0 unspecified atom stereocenters. The second kappa shape index (κ2) is 8.97. The van der Waals surface area contributed by atoms with Crippen LogP contribution in [0.15, 0.2) is 47.7 Å². The summed E-state index contributed by atoms with van der Waals surface area (Å²) in [5.41, 5.74) is 3.59. The topological polar surface area (TPSA) is 111 Å². The smallest absolute Gasteiger partial charge is 0.260 e. The lowest BCUT2D eigenvalue weighted by Gasteiger charge is -2.19. The van der Waals surface area contributed by atoms with Gasteiger partial charge in [-0.1, -0.05) is 6.07 Å². The van der Waals surface area contributed by atoms with E-state index in [1.54, 1.807) is 10.6 Å². The molecule has 3 aromatic rings. The number of aromatic nitrogens is 3. The van der Waals surface area contributed by atoms with E-state index in [0.717, 1.165) is 36.4 Å². The first-order chi connectivity index (χ1) is 15.7. The Kier molecular flexibility index (Phi) is 5.74. The molecule has 1 aliphatic heterocycles. The number of ether oxygens (including phenoxy) is 2. The predicted octanol–water partition coefficient (Wildman–Crippen LogP) is 2.64. The molecule has 9 nitrogen and oxygen atoms in total. The number of aromatic amines is 1. The molecule has 3 N–H and O–H groups in total. The fourth-order valence-corrected chi connectivity index (χ4v) is 4.11. The molecule has 32 heavy (non-hydrogen) atoms. The molecule has 0 amide bonds. The van der Waals surface area contributed by atoms with Gasteiger partial charge in [0.1, 0.15) is 19.0 Å². The van der Waals surface area contributed by atoms with Crippen molar-refractivity contribution in [3.63, 3.8) is 0 Å². The number of nitrogens with one attached hydrogen (secondary N) is 2. The van der Waals surface area contributed by atoms with Gasteiger partial charge in [-0.15, -0.1) is 5.10 Å². The number of hydrogen-bond acceptors (Lipinski definition) is 7. The van der Waals surface area contributed by atoms with E-state index in [9.17, 15) is 5.11 Å². The zero-order chi connectivity index (χ0) is 21.9. The van der Waals surface area contributed by atoms with Gasteiger partial charge in [0, 0.05) is 30.6 Å². The highest BCUT2D eigenvalue weighted by Gasteiger charge is 2.25. The molecule has 1 saturated heterocycles. The molecule has 0 radical (unpaired) electrons. The summed E-state index contributed by atoms with van der Waals surface area (Å²) in [6.07, 6.45) is 7.91. The van der Waals surface area contributed by atoms with E-state index in [2.05, 4.69) is 15.0 Å². The van der Waals surface area contributed by atoms with Gasteiger partial charge in [0.15, 0.2) is 5.69 Å². The Balaban J connectivity index is 1.48. The van der Waals surface area contributed by atoms with Crippen LogP contribution >= 0.6 is 0 Å². The first-order valence-electron chi connectivity index (χ1n) is 10.9. The van der Waals surface area contributed by atoms with Crippen LogP contribution in [0.4, 0.5) is 5.69 Å². The molecule has 1 aliphatic carbocycles. The van der Waals surface area contributed by atoms with Gasteiger partial charge in [-0.3, -0.25) is 10.3 Å². The number of fused-ring (bicyclic) bond motifs is 2. The third-order valence-corrected chi connectivity index (χ3v) is 5.70. The standard InChI is InChI=1S/C23H26N6O3/c24-20-16-6-7-25-21(16)19(31-13-11-28-8-3-4-9-28)15-17(20)26-22-18-5-1-2-10-29(18)27-23(22)32-14-12-30/h1-2,5-7,10,15,24-25,30H,3-4,8-9,11-14H2.